The van der Waals surface area contributed by atoms with Crippen LogP contribution in [0.15, 0.2) is 47.4 Å². The van der Waals surface area contributed by atoms with Crippen LogP contribution in [0.4, 0.5) is 11.4 Å². The molecule has 0 spiro atoms. The Balaban J connectivity index is 1.96. The second-order valence-corrected chi connectivity index (χ2v) is 4.26. The van der Waals surface area contributed by atoms with E-state index in [0.29, 0.717) is 23.5 Å². The molecule has 0 unspecified atom stereocenters. The topological polar surface area (TPSA) is 100 Å². The van der Waals surface area contributed by atoms with Gasteiger partial charge in [0, 0.05) is 23.6 Å². The molecule has 6 nitrogen and oxygen atoms in total. The molecule has 1 aromatic carbocycles. The van der Waals surface area contributed by atoms with Crippen molar-refractivity contribution in [1.29, 1.82) is 0 Å². The van der Waals surface area contributed by atoms with Gasteiger partial charge in [0.05, 0.1) is 12.1 Å². The SMILES string of the molecule is Nc1cc(N)cc(C(=O)OCCn2ccccc2=O)c1. The summed E-state index contributed by atoms with van der Waals surface area (Å²) in [5.41, 5.74) is 12.2. The molecule has 4 N–H and O–H groups in total. The first-order chi connectivity index (χ1) is 9.56. The summed E-state index contributed by atoms with van der Waals surface area (Å²) in [7, 11) is 0. The van der Waals surface area contributed by atoms with E-state index in [1.807, 2.05) is 0 Å². The molecule has 0 aliphatic rings. The van der Waals surface area contributed by atoms with Crippen LogP contribution in [0.5, 0.6) is 0 Å². The van der Waals surface area contributed by atoms with Gasteiger partial charge in [-0.1, -0.05) is 6.07 Å². The minimum absolute atomic E-state index is 0.0947. The fourth-order valence-electron chi connectivity index (χ4n) is 1.76. The van der Waals surface area contributed by atoms with Gasteiger partial charge in [0.15, 0.2) is 0 Å². The van der Waals surface area contributed by atoms with E-state index in [-0.39, 0.29) is 12.2 Å². The molecule has 6 heteroatoms. The van der Waals surface area contributed by atoms with E-state index in [1.54, 1.807) is 24.4 Å². The molecule has 20 heavy (non-hydrogen) atoms. The van der Waals surface area contributed by atoms with E-state index in [1.165, 1.54) is 22.8 Å². The Morgan fingerprint density at radius 3 is 2.50 bits per heavy atom. The summed E-state index contributed by atoms with van der Waals surface area (Å²) < 4.78 is 6.55. The van der Waals surface area contributed by atoms with Crippen LogP contribution < -0.4 is 17.0 Å². The molecule has 1 heterocycles. The monoisotopic (exact) mass is 273 g/mol. The summed E-state index contributed by atoms with van der Waals surface area (Å²) in [5.74, 6) is -0.520. The van der Waals surface area contributed by atoms with Gasteiger partial charge in [-0.05, 0) is 24.3 Å². The smallest absolute Gasteiger partial charge is 0.338 e. The minimum Gasteiger partial charge on any atom is -0.460 e. The number of hydrogen-bond acceptors (Lipinski definition) is 5. The summed E-state index contributed by atoms with van der Waals surface area (Å²) in [6, 6.07) is 9.38. The maximum absolute atomic E-state index is 11.8. The first-order valence-electron chi connectivity index (χ1n) is 6.05. The van der Waals surface area contributed by atoms with Crippen molar-refractivity contribution < 1.29 is 9.53 Å². The molecule has 0 bridgehead atoms. The third kappa shape index (κ3) is 3.38. The number of carbonyl (C=O) groups excluding carboxylic acids is 1. The van der Waals surface area contributed by atoms with Gasteiger partial charge in [-0.2, -0.15) is 0 Å². The number of carbonyl (C=O) groups is 1. The highest BCUT2D eigenvalue weighted by Crippen LogP contribution is 2.14. The largest absolute Gasteiger partial charge is 0.460 e. The molecule has 0 fully saturated rings. The number of pyridine rings is 1. The van der Waals surface area contributed by atoms with Crippen molar-refractivity contribution >= 4 is 17.3 Å². The highest BCUT2D eigenvalue weighted by atomic mass is 16.5. The lowest BCUT2D eigenvalue weighted by atomic mass is 10.2. The fourth-order valence-corrected chi connectivity index (χ4v) is 1.76. The Labute approximate surface area is 115 Å². The van der Waals surface area contributed by atoms with Crippen LogP contribution in [0.25, 0.3) is 0 Å². The second kappa shape index (κ2) is 5.92. The van der Waals surface area contributed by atoms with E-state index >= 15 is 0 Å². The molecular formula is C14H15N3O3. The number of hydrogen-bond donors (Lipinski definition) is 2. The van der Waals surface area contributed by atoms with Gasteiger partial charge in [-0.25, -0.2) is 4.79 Å². The predicted octanol–water partition coefficient (Wildman–Crippen LogP) is 0.870. The number of nitrogens with zero attached hydrogens (tertiary/aromatic N) is 1. The van der Waals surface area contributed by atoms with Gasteiger partial charge in [0.2, 0.25) is 0 Å². The number of benzene rings is 1. The first kappa shape index (κ1) is 13.7. The zero-order chi connectivity index (χ0) is 14.5. The van der Waals surface area contributed by atoms with Crippen molar-refractivity contribution in [1.82, 2.24) is 4.57 Å². The summed E-state index contributed by atoms with van der Waals surface area (Å²) in [6.07, 6.45) is 1.63. The Kier molecular flexibility index (Phi) is 4.05. The molecule has 2 aromatic rings. The van der Waals surface area contributed by atoms with Crippen molar-refractivity contribution in [2.24, 2.45) is 0 Å². The molecule has 2 rings (SSSR count). The lowest BCUT2D eigenvalue weighted by molar-refractivity contribution is 0.0490. The van der Waals surface area contributed by atoms with Crippen LogP contribution in [0.3, 0.4) is 0 Å². The predicted molar refractivity (Wildman–Crippen MR) is 76.3 cm³/mol. The molecule has 0 atom stereocenters. The Morgan fingerprint density at radius 1 is 1.15 bits per heavy atom. The van der Waals surface area contributed by atoms with Gasteiger partial charge in [0.1, 0.15) is 6.61 Å². The van der Waals surface area contributed by atoms with Crippen molar-refractivity contribution in [3.8, 4) is 0 Å². The molecule has 0 amide bonds. The second-order valence-electron chi connectivity index (χ2n) is 4.26. The molecular weight excluding hydrogens is 258 g/mol. The van der Waals surface area contributed by atoms with Crippen LogP contribution in [-0.2, 0) is 11.3 Å². The quantitative estimate of drug-likeness (QED) is 0.636. The Hall–Kier alpha value is -2.76. The number of esters is 1. The highest BCUT2D eigenvalue weighted by Gasteiger charge is 2.08. The van der Waals surface area contributed by atoms with Crippen molar-refractivity contribution in [3.05, 3.63) is 58.5 Å². The van der Waals surface area contributed by atoms with Crippen molar-refractivity contribution in [2.45, 2.75) is 6.54 Å². The average molecular weight is 273 g/mol. The van der Waals surface area contributed by atoms with Crippen LogP contribution in [0.1, 0.15) is 10.4 Å². The summed E-state index contributed by atoms with van der Waals surface area (Å²) in [4.78, 5) is 23.2. The first-order valence-corrected chi connectivity index (χ1v) is 6.05. The molecule has 1 aromatic heterocycles. The molecule has 0 aliphatic carbocycles. The van der Waals surface area contributed by atoms with Crippen LogP contribution in [0, 0.1) is 0 Å². The lowest BCUT2D eigenvalue weighted by Crippen LogP contribution is -2.21. The van der Waals surface area contributed by atoms with E-state index < -0.39 is 5.97 Å². The maximum Gasteiger partial charge on any atom is 0.338 e. The summed E-state index contributed by atoms with van der Waals surface area (Å²) in [5, 5.41) is 0. The van der Waals surface area contributed by atoms with E-state index in [0.717, 1.165) is 0 Å². The number of anilines is 2. The summed E-state index contributed by atoms with van der Waals surface area (Å²) in [6.45, 7) is 0.390. The number of aromatic nitrogens is 1. The zero-order valence-electron chi connectivity index (χ0n) is 10.8. The van der Waals surface area contributed by atoms with E-state index in [9.17, 15) is 9.59 Å². The Bertz CT molecular complexity index is 659. The molecule has 104 valence electrons. The fraction of sp³-hybridized carbons (Fsp3) is 0.143. The van der Waals surface area contributed by atoms with Crippen molar-refractivity contribution in [3.63, 3.8) is 0 Å². The van der Waals surface area contributed by atoms with Gasteiger partial charge in [-0.3, -0.25) is 4.79 Å². The Morgan fingerprint density at radius 2 is 1.85 bits per heavy atom. The normalized spacial score (nSPS) is 10.2. The van der Waals surface area contributed by atoms with Gasteiger partial charge >= 0.3 is 5.97 Å². The number of rotatable bonds is 4. The summed E-state index contributed by atoms with van der Waals surface area (Å²) >= 11 is 0. The minimum atomic E-state index is -0.520. The van der Waals surface area contributed by atoms with Gasteiger partial charge < -0.3 is 20.8 Å². The van der Waals surface area contributed by atoms with Gasteiger partial charge in [0.25, 0.3) is 5.56 Å². The van der Waals surface area contributed by atoms with Crippen LogP contribution in [-0.4, -0.2) is 17.1 Å². The van der Waals surface area contributed by atoms with Crippen LogP contribution in [0.2, 0.25) is 0 Å². The molecule has 0 saturated carbocycles. The third-order valence-corrected chi connectivity index (χ3v) is 2.68. The standard InChI is InChI=1S/C14H15N3O3/c15-11-7-10(8-12(16)9-11)14(19)20-6-5-17-4-2-1-3-13(17)18/h1-4,7-9H,5-6,15-16H2. The highest BCUT2D eigenvalue weighted by molar-refractivity contribution is 5.91. The lowest BCUT2D eigenvalue weighted by Gasteiger charge is -2.08. The molecule has 0 aliphatic heterocycles. The maximum atomic E-state index is 11.8. The number of ether oxygens (including phenoxy) is 1. The van der Waals surface area contributed by atoms with Crippen LogP contribution >= 0.6 is 0 Å². The number of nitrogen functional groups attached to an aromatic ring is 2. The van der Waals surface area contributed by atoms with Crippen molar-refractivity contribution in [2.75, 3.05) is 18.1 Å². The number of nitrogens with two attached hydrogens (primary N) is 2. The van der Waals surface area contributed by atoms with E-state index in [4.69, 9.17) is 16.2 Å². The van der Waals surface area contributed by atoms with E-state index in [2.05, 4.69) is 0 Å². The van der Waals surface area contributed by atoms with Gasteiger partial charge in [-0.15, -0.1) is 0 Å². The zero-order valence-corrected chi connectivity index (χ0v) is 10.8. The third-order valence-electron chi connectivity index (χ3n) is 2.68. The molecule has 0 saturated heterocycles. The average Bonchev–Trinajstić information content (AvgIpc) is 2.39. The molecule has 0 radical (unpaired) electrons.